The minimum absolute atomic E-state index is 0.00812. The van der Waals surface area contributed by atoms with Crippen molar-refractivity contribution in [2.45, 2.75) is 12.8 Å². The van der Waals surface area contributed by atoms with Crippen molar-refractivity contribution in [3.05, 3.63) is 57.8 Å². The second-order valence-electron chi connectivity index (χ2n) is 7.79. The summed E-state index contributed by atoms with van der Waals surface area (Å²) in [5, 5.41) is 17.8. The minimum Gasteiger partial charge on any atom is -0.633 e. The van der Waals surface area contributed by atoms with Gasteiger partial charge in [0.1, 0.15) is 0 Å². The highest BCUT2D eigenvalue weighted by Crippen LogP contribution is 2.32. The van der Waals surface area contributed by atoms with Crippen molar-refractivity contribution < 1.29 is 9.44 Å². The number of fused-ring (bicyclic) bond motifs is 2. The number of hydrogen-bond donors (Lipinski definition) is 1. The lowest BCUT2D eigenvalue weighted by molar-refractivity contribution is -0.881. The molecular formula is C21H21ClN4O2S. The Labute approximate surface area is 178 Å². The first-order valence-electron chi connectivity index (χ1n) is 9.78. The lowest BCUT2D eigenvalue weighted by atomic mass is 10.1. The third-order valence-corrected chi connectivity index (χ3v) is 7.07. The molecule has 5 rings (SSSR count). The van der Waals surface area contributed by atoms with Gasteiger partial charge in [0.25, 0.3) is 0 Å². The van der Waals surface area contributed by atoms with Crippen LogP contribution in [-0.2, 0) is 17.6 Å². The van der Waals surface area contributed by atoms with Gasteiger partial charge in [-0.25, -0.2) is 0 Å². The highest BCUT2D eigenvalue weighted by molar-refractivity contribution is 7.13. The van der Waals surface area contributed by atoms with Gasteiger partial charge in [-0.2, -0.15) is 4.37 Å². The molecule has 0 saturated carbocycles. The minimum atomic E-state index is -0.219. The summed E-state index contributed by atoms with van der Waals surface area (Å²) in [6.07, 6.45) is 0.997. The number of aromatic nitrogens is 1. The lowest BCUT2D eigenvalue weighted by Gasteiger charge is -2.48. The summed E-state index contributed by atoms with van der Waals surface area (Å²) >= 11 is 7.90. The van der Waals surface area contributed by atoms with Gasteiger partial charge in [0.05, 0.1) is 43.8 Å². The van der Waals surface area contributed by atoms with E-state index in [1.54, 1.807) is 6.07 Å². The van der Waals surface area contributed by atoms with Crippen LogP contribution in [0.1, 0.15) is 11.1 Å². The van der Waals surface area contributed by atoms with E-state index in [4.69, 9.17) is 11.6 Å². The van der Waals surface area contributed by atoms with Gasteiger partial charge in [0.15, 0.2) is 5.82 Å². The quantitative estimate of drug-likeness (QED) is 0.506. The summed E-state index contributed by atoms with van der Waals surface area (Å²) in [7, 11) is 0. The second kappa shape index (κ2) is 7.25. The maximum absolute atomic E-state index is 13.3. The van der Waals surface area contributed by atoms with E-state index in [1.165, 1.54) is 16.2 Å². The molecule has 0 radical (unpaired) electrons. The summed E-state index contributed by atoms with van der Waals surface area (Å²) in [4.78, 5) is 13.8. The Kier molecular flexibility index (Phi) is 4.70. The predicted octanol–water partition coefficient (Wildman–Crippen LogP) is 3.82. The number of halogens is 1. The van der Waals surface area contributed by atoms with Crippen LogP contribution in [0.15, 0.2) is 36.4 Å². The van der Waals surface area contributed by atoms with Crippen molar-refractivity contribution in [1.29, 1.82) is 0 Å². The molecule has 29 heavy (non-hydrogen) atoms. The van der Waals surface area contributed by atoms with Crippen LogP contribution in [0, 0.1) is 5.21 Å². The summed E-state index contributed by atoms with van der Waals surface area (Å²) in [6, 6.07) is 12.0. The summed E-state index contributed by atoms with van der Waals surface area (Å²) in [6.45, 7) is 2.97. The Hall–Kier alpha value is -2.19. The zero-order valence-electron chi connectivity index (χ0n) is 15.9. The molecule has 2 aliphatic rings. The number of carbonyl (C=O) groups excluding carboxylic acids is 1. The van der Waals surface area contributed by atoms with Crippen molar-refractivity contribution in [3.63, 3.8) is 0 Å². The number of amides is 1. The molecule has 1 N–H and O–H groups in total. The molecule has 1 aromatic heterocycles. The van der Waals surface area contributed by atoms with Gasteiger partial charge in [0.2, 0.25) is 5.91 Å². The number of nitrogens with one attached hydrogen (secondary N) is 1. The van der Waals surface area contributed by atoms with Gasteiger partial charge < -0.3 is 20.1 Å². The molecule has 6 nitrogen and oxygen atoms in total. The zero-order valence-corrected chi connectivity index (χ0v) is 17.4. The zero-order chi connectivity index (χ0) is 20.0. The number of rotatable bonds is 4. The van der Waals surface area contributed by atoms with Gasteiger partial charge in [-0.3, -0.25) is 4.79 Å². The van der Waals surface area contributed by atoms with Crippen LogP contribution in [0.25, 0.3) is 10.1 Å². The Bertz CT molecular complexity index is 1090. The smallest absolute Gasteiger partial charge is 0.228 e. The number of anilines is 2. The van der Waals surface area contributed by atoms with Gasteiger partial charge in [-0.15, -0.1) is 0 Å². The van der Waals surface area contributed by atoms with Gasteiger partial charge in [-0.1, -0.05) is 29.8 Å². The fourth-order valence-electron chi connectivity index (χ4n) is 4.18. The predicted molar refractivity (Wildman–Crippen MR) is 118 cm³/mol. The monoisotopic (exact) mass is 428 g/mol. The van der Waals surface area contributed by atoms with Crippen LogP contribution in [0.5, 0.6) is 0 Å². The standard InChI is InChI=1S/C21H21ClN4O2S/c22-17-13-18-15(12-20(27)23-18)11-14(17)5-8-26(28)9-6-25(7-10-26)21-16-3-1-2-4-19(16)29-24-21/h1-4,11,13H,5-10,12H2,(H,23,27). The van der Waals surface area contributed by atoms with E-state index < -0.39 is 0 Å². The molecule has 2 aromatic carbocycles. The van der Waals surface area contributed by atoms with E-state index in [1.807, 2.05) is 18.2 Å². The molecule has 0 bridgehead atoms. The van der Waals surface area contributed by atoms with Crippen LogP contribution < -0.4 is 10.2 Å². The van der Waals surface area contributed by atoms with Crippen molar-refractivity contribution in [1.82, 2.24) is 4.37 Å². The molecule has 1 amide bonds. The van der Waals surface area contributed by atoms with Gasteiger partial charge in [0, 0.05) is 22.5 Å². The Morgan fingerprint density at radius 1 is 1.24 bits per heavy atom. The molecule has 150 valence electrons. The van der Waals surface area contributed by atoms with E-state index in [9.17, 15) is 10.0 Å². The molecule has 3 heterocycles. The normalized spacial score (nSPS) is 18.1. The first-order valence-corrected chi connectivity index (χ1v) is 10.9. The number of benzene rings is 2. The number of quaternary nitrogens is 1. The molecular weight excluding hydrogens is 408 g/mol. The molecule has 8 heteroatoms. The van der Waals surface area contributed by atoms with Crippen LogP contribution in [0.2, 0.25) is 5.02 Å². The molecule has 1 fully saturated rings. The number of piperazine rings is 1. The fourth-order valence-corrected chi connectivity index (χ4v) is 5.23. The van der Waals surface area contributed by atoms with Gasteiger partial charge >= 0.3 is 0 Å². The van der Waals surface area contributed by atoms with Gasteiger partial charge in [-0.05, 0) is 40.9 Å². The maximum Gasteiger partial charge on any atom is 0.228 e. The average Bonchev–Trinajstić information content (AvgIpc) is 3.29. The summed E-state index contributed by atoms with van der Waals surface area (Å²) in [5.41, 5.74) is 2.70. The van der Waals surface area contributed by atoms with E-state index >= 15 is 0 Å². The van der Waals surface area contributed by atoms with Crippen LogP contribution in [-0.4, -0.2) is 47.7 Å². The number of hydrogen-bond acceptors (Lipinski definition) is 5. The highest BCUT2D eigenvalue weighted by atomic mass is 35.5. The number of nitrogens with zero attached hydrogens (tertiary/aromatic N) is 3. The Balaban J connectivity index is 1.25. The van der Waals surface area contributed by atoms with Crippen LogP contribution in [0.4, 0.5) is 11.5 Å². The Morgan fingerprint density at radius 2 is 2.03 bits per heavy atom. The third kappa shape index (κ3) is 3.59. The first-order chi connectivity index (χ1) is 14.0. The molecule has 3 aromatic rings. The second-order valence-corrected chi connectivity index (χ2v) is 9.01. The number of hydroxylamine groups is 3. The van der Waals surface area contributed by atoms with E-state index in [0.29, 0.717) is 50.6 Å². The average molecular weight is 429 g/mol. The highest BCUT2D eigenvalue weighted by Gasteiger charge is 2.28. The largest absolute Gasteiger partial charge is 0.633 e. The SMILES string of the molecule is O=C1Cc2cc(CC[N+]3([O-])CCN(c4nsc5ccccc45)CC3)c(Cl)cc2N1. The lowest BCUT2D eigenvalue weighted by Crippen LogP contribution is -2.57. The van der Waals surface area contributed by atoms with Crippen LogP contribution in [0.3, 0.4) is 0 Å². The summed E-state index contributed by atoms with van der Waals surface area (Å²) in [5.74, 6) is 0.988. The molecule has 1 saturated heterocycles. The molecule has 2 aliphatic heterocycles. The third-order valence-electron chi connectivity index (χ3n) is 5.90. The van der Waals surface area contributed by atoms with Crippen molar-refractivity contribution in [3.8, 4) is 0 Å². The molecule has 0 aliphatic carbocycles. The number of carbonyl (C=O) groups is 1. The van der Waals surface area contributed by atoms with E-state index in [-0.39, 0.29) is 10.6 Å². The molecule has 0 spiro atoms. The van der Waals surface area contributed by atoms with Crippen molar-refractivity contribution in [2.75, 3.05) is 42.9 Å². The van der Waals surface area contributed by atoms with Crippen molar-refractivity contribution in [2.24, 2.45) is 0 Å². The molecule has 0 atom stereocenters. The van der Waals surface area contributed by atoms with Crippen LogP contribution >= 0.6 is 23.1 Å². The first kappa shape index (κ1) is 18.8. The van der Waals surface area contributed by atoms with E-state index in [0.717, 1.165) is 28.0 Å². The maximum atomic E-state index is 13.3. The van der Waals surface area contributed by atoms with Crippen molar-refractivity contribution >= 4 is 50.6 Å². The fraction of sp³-hybridized carbons (Fsp3) is 0.333. The van der Waals surface area contributed by atoms with E-state index in [2.05, 4.69) is 26.7 Å². The summed E-state index contributed by atoms with van der Waals surface area (Å²) < 4.78 is 5.58. The topological polar surface area (TPSA) is 68.3 Å². The Morgan fingerprint density at radius 3 is 2.86 bits per heavy atom. The molecule has 0 unspecified atom stereocenters.